The van der Waals surface area contributed by atoms with E-state index in [9.17, 15) is 4.79 Å². The summed E-state index contributed by atoms with van der Waals surface area (Å²) in [6.45, 7) is 4.76. The highest BCUT2D eigenvalue weighted by Crippen LogP contribution is 2.22. The number of likely N-dealkylation sites (tertiary alicyclic amines) is 1. The standard InChI is InChI=1S/C26H36N10O/c1-18-16-24(35-34-18)32-23-9-13-28-25(33-23)29-19-5-7-20(8-6-19)30-26(37)31-21-10-14-36(15-11-21)17-22-4-2-3-12-27-22/h2-4,9,12-13,16,19-21H,5-8,10-11,14-15,17H2,1H3,(H2,30,31,37)(H3,28,29,32,33,34,35)/t19-,20-. The second-order valence-corrected chi connectivity index (χ2v) is 10.0. The predicted molar refractivity (Wildman–Crippen MR) is 143 cm³/mol. The van der Waals surface area contributed by atoms with Crippen LogP contribution in [-0.4, -0.2) is 67.3 Å². The first kappa shape index (κ1) is 24.9. The lowest BCUT2D eigenvalue weighted by Crippen LogP contribution is -2.50. The van der Waals surface area contributed by atoms with E-state index in [4.69, 9.17) is 0 Å². The number of anilines is 3. The molecule has 0 aromatic carbocycles. The molecular formula is C26H36N10O. The minimum atomic E-state index is -0.0460. The molecule has 3 aromatic heterocycles. The Balaban J connectivity index is 0.997. The van der Waals surface area contributed by atoms with E-state index in [2.05, 4.69) is 57.4 Å². The maximum absolute atomic E-state index is 12.6. The van der Waals surface area contributed by atoms with Gasteiger partial charge in [0.25, 0.3) is 0 Å². The van der Waals surface area contributed by atoms with Gasteiger partial charge in [0.1, 0.15) is 5.82 Å². The zero-order valence-electron chi connectivity index (χ0n) is 21.3. The van der Waals surface area contributed by atoms with Crippen molar-refractivity contribution in [2.24, 2.45) is 0 Å². The van der Waals surface area contributed by atoms with Gasteiger partial charge in [-0.05, 0) is 63.6 Å². The van der Waals surface area contributed by atoms with Crippen LogP contribution in [0.2, 0.25) is 0 Å². The van der Waals surface area contributed by atoms with Crippen LogP contribution in [0, 0.1) is 6.92 Å². The quantitative estimate of drug-likeness (QED) is 0.315. The summed E-state index contributed by atoms with van der Waals surface area (Å²) in [6.07, 6.45) is 9.26. The number of aromatic nitrogens is 5. The molecule has 196 valence electrons. The van der Waals surface area contributed by atoms with Crippen molar-refractivity contribution in [3.8, 4) is 0 Å². The summed E-state index contributed by atoms with van der Waals surface area (Å²) in [6, 6.07) is 10.4. The monoisotopic (exact) mass is 504 g/mol. The lowest BCUT2D eigenvalue weighted by atomic mass is 9.91. The first-order chi connectivity index (χ1) is 18.1. The van der Waals surface area contributed by atoms with E-state index in [0.717, 1.165) is 75.4 Å². The van der Waals surface area contributed by atoms with E-state index >= 15 is 0 Å². The molecule has 5 rings (SSSR count). The number of H-pyrrole nitrogens is 1. The Labute approximate surface area is 217 Å². The molecule has 0 unspecified atom stereocenters. The van der Waals surface area contributed by atoms with Crippen molar-refractivity contribution in [3.63, 3.8) is 0 Å². The fraction of sp³-hybridized carbons (Fsp3) is 0.500. The summed E-state index contributed by atoms with van der Waals surface area (Å²) in [5.74, 6) is 2.02. The van der Waals surface area contributed by atoms with E-state index in [1.54, 1.807) is 6.20 Å². The van der Waals surface area contributed by atoms with E-state index in [-0.39, 0.29) is 24.2 Å². The number of carbonyl (C=O) groups is 1. The number of urea groups is 1. The highest BCUT2D eigenvalue weighted by atomic mass is 16.2. The number of hydrogen-bond acceptors (Lipinski definition) is 8. The van der Waals surface area contributed by atoms with Crippen LogP contribution in [0.1, 0.15) is 49.9 Å². The molecule has 2 fully saturated rings. The predicted octanol–water partition coefficient (Wildman–Crippen LogP) is 3.33. The number of carbonyl (C=O) groups excluding carboxylic acids is 1. The van der Waals surface area contributed by atoms with Gasteiger partial charge in [-0.3, -0.25) is 15.0 Å². The summed E-state index contributed by atoms with van der Waals surface area (Å²) in [5.41, 5.74) is 2.08. The Bertz CT molecular complexity index is 1140. The highest BCUT2D eigenvalue weighted by molar-refractivity contribution is 5.74. The van der Waals surface area contributed by atoms with Crippen LogP contribution in [0.15, 0.2) is 42.7 Å². The highest BCUT2D eigenvalue weighted by Gasteiger charge is 2.25. The molecule has 5 N–H and O–H groups in total. The van der Waals surface area contributed by atoms with Gasteiger partial charge in [0.2, 0.25) is 5.95 Å². The summed E-state index contributed by atoms with van der Waals surface area (Å²) in [5, 5.41) is 20.1. The Kier molecular flexibility index (Phi) is 8.09. The number of piperidine rings is 1. The molecule has 0 spiro atoms. The summed E-state index contributed by atoms with van der Waals surface area (Å²) in [7, 11) is 0. The molecule has 11 heteroatoms. The van der Waals surface area contributed by atoms with Gasteiger partial charge in [-0.15, -0.1) is 0 Å². The number of rotatable bonds is 8. The van der Waals surface area contributed by atoms with Crippen LogP contribution in [-0.2, 0) is 6.54 Å². The van der Waals surface area contributed by atoms with Crippen LogP contribution in [0.3, 0.4) is 0 Å². The van der Waals surface area contributed by atoms with Crippen LogP contribution < -0.4 is 21.3 Å². The fourth-order valence-corrected chi connectivity index (χ4v) is 5.04. The molecule has 1 aliphatic heterocycles. The fourth-order valence-electron chi connectivity index (χ4n) is 5.04. The van der Waals surface area contributed by atoms with Gasteiger partial charge in [-0.2, -0.15) is 10.1 Å². The van der Waals surface area contributed by atoms with Gasteiger partial charge in [0.15, 0.2) is 5.82 Å². The smallest absolute Gasteiger partial charge is 0.315 e. The van der Waals surface area contributed by atoms with Crippen LogP contribution >= 0.6 is 0 Å². The minimum Gasteiger partial charge on any atom is -0.351 e. The molecule has 0 atom stereocenters. The molecule has 1 saturated heterocycles. The van der Waals surface area contributed by atoms with Crippen molar-refractivity contribution in [2.45, 2.75) is 70.1 Å². The lowest BCUT2D eigenvalue weighted by molar-refractivity contribution is 0.183. The molecule has 2 amide bonds. The average molecular weight is 505 g/mol. The zero-order valence-corrected chi connectivity index (χ0v) is 21.3. The van der Waals surface area contributed by atoms with Gasteiger partial charge in [0.05, 0.1) is 5.69 Å². The number of aromatic amines is 1. The van der Waals surface area contributed by atoms with Gasteiger partial charge in [-0.25, -0.2) is 9.78 Å². The molecule has 2 aliphatic rings. The molecule has 11 nitrogen and oxygen atoms in total. The Morgan fingerprint density at radius 2 is 1.70 bits per heavy atom. The summed E-state index contributed by atoms with van der Waals surface area (Å²) in [4.78, 5) is 28.4. The third kappa shape index (κ3) is 7.39. The lowest BCUT2D eigenvalue weighted by Gasteiger charge is -2.33. The van der Waals surface area contributed by atoms with Crippen molar-refractivity contribution in [3.05, 3.63) is 54.1 Å². The van der Waals surface area contributed by atoms with Crippen LogP contribution in [0.4, 0.5) is 22.4 Å². The maximum atomic E-state index is 12.6. The molecule has 37 heavy (non-hydrogen) atoms. The second-order valence-electron chi connectivity index (χ2n) is 10.0. The molecule has 3 aromatic rings. The van der Waals surface area contributed by atoms with Crippen molar-refractivity contribution < 1.29 is 4.79 Å². The first-order valence-electron chi connectivity index (χ1n) is 13.2. The molecule has 1 aliphatic carbocycles. The molecule has 0 radical (unpaired) electrons. The molecular weight excluding hydrogens is 468 g/mol. The van der Waals surface area contributed by atoms with E-state index in [1.807, 2.05) is 37.4 Å². The normalized spacial score (nSPS) is 20.8. The Morgan fingerprint density at radius 1 is 0.946 bits per heavy atom. The largest absolute Gasteiger partial charge is 0.351 e. The first-order valence-corrected chi connectivity index (χ1v) is 13.2. The molecule has 4 heterocycles. The van der Waals surface area contributed by atoms with Gasteiger partial charge >= 0.3 is 6.03 Å². The number of amides is 2. The molecule has 1 saturated carbocycles. The van der Waals surface area contributed by atoms with E-state index in [1.165, 1.54) is 0 Å². The zero-order chi connectivity index (χ0) is 25.5. The summed E-state index contributed by atoms with van der Waals surface area (Å²) >= 11 is 0. The van der Waals surface area contributed by atoms with Crippen molar-refractivity contribution >= 4 is 23.6 Å². The number of hydrogen-bond donors (Lipinski definition) is 5. The van der Waals surface area contributed by atoms with E-state index in [0.29, 0.717) is 11.8 Å². The van der Waals surface area contributed by atoms with Gasteiger partial charge < -0.3 is 21.3 Å². The molecule has 0 bridgehead atoms. The van der Waals surface area contributed by atoms with Gasteiger partial charge in [0, 0.05) is 61.9 Å². The SMILES string of the molecule is Cc1cc(Nc2ccnc(N[C@H]3CC[C@H](NC(=O)NC4CCN(Cc5ccccn5)CC4)CC3)n2)n[nH]1. The third-order valence-corrected chi connectivity index (χ3v) is 7.05. The van der Waals surface area contributed by atoms with Crippen molar-refractivity contribution in [1.82, 2.24) is 40.7 Å². The van der Waals surface area contributed by atoms with Crippen molar-refractivity contribution in [1.29, 1.82) is 0 Å². The van der Waals surface area contributed by atoms with Gasteiger partial charge in [-0.1, -0.05) is 6.07 Å². The van der Waals surface area contributed by atoms with Crippen LogP contribution in [0.25, 0.3) is 0 Å². The minimum absolute atomic E-state index is 0.0460. The average Bonchev–Trinajstić information content (AvgIpc) is 3.31. The number of nitrogens with one attached hydrogen (secondary N) is 5. The second kappa shape index (κ2) is 12.0. The topological polar surface area (TPSA) is 136 Å². The van der Waals surface area contributed by atoms with Crippen molar-refractivity contribution in [2.75, 3.05) is 23.7 Å². The summed E-state index contributed by atoms with van der Waals surface area (Å²) < 4.78 is 0. The number of aryl methyl sites for hydroxylation is 1. The number of pyridine rings is 1. The van der Waals surface area contributed by atoms with Crippen LogP contribution in [0.5, 0.6) is 0 Å². The maximum Gasteiger partial charge on any atom is 0.315 e. The number of nitrogens with zero attached hydrogens (tertiary/aromatic N) is 5. The van der Waals surface area contributed by atoms with E-state index < -0.39 is 0 Å². The third-order valence-electron chi connectivity index (χ3n) is 7.05. The Hall–Kier alpha value is -3.73. The Morgan fingerprint density at radius 3 is 2.41 bits per heavy atom.